The fourth-order valence-corrected chi connectivity index (χ4v) is 4.90. The molecule has 41 heavy (non-hydrogen) atoms. The van der Waals surface area contributed by atoms with Crippen molar-refractivity contribution in [3.8, 4) is 16.9 Å². The van der Waals surface area contributed by atoms with Crippen LogP contribution in [-0.4, -0.2) is 19.8 Å². The van der Waals surface area contributed by atoms with Crippen molar-refractivity contribution in [2.75, 3.05) is 19.8 Å². The summed E-state index contributed by atoms with van der Waals surface area (Å²) >= 11 is 0. The van der Waals surface area contributed by atoms with Crippen molar-refractivity contribution in [2.24, 2.45) is 5.41 Å². The van der Waals surface area contributed by atoms with E-state index in [9.17, 15) is 35.1 Å². The second-order valence-electron chi connectivity index (χ2n) is 10.2. The number of ether oxygens (including phenoxy) is 4. The van der Waals surface area contributed by atoms with Gasteiger partial charge in [0.2, 0.25) is 5.82 Å². The third-order valence-electron chi connectivity index (χ3n) is 7.28. The van der Waals surface area contributed by atoms with Gasteiger partial charge in [0.25, 0.3) is 0 Å². The smallest absolute Gasteiger partial charge is 0.312 e. The molecule has 0 amide bonds. The average Bonchev–Trinajstić information content (AvgIpc) is 2.95. The van der Waals surface area contributed by atoms with E-state index in [0.29, 0.717) is 18.2 Å². The Morgan fingerprint density at radius 1 is 0.683 bits per heavy atom. The average molecular weight is 588 g/mol. The molecule has 0 atom stereocenters. The molecular formula is C29H24F8O4. The van der Waals surface area contributed by atoms with Gasteiger partial charge in [-0.15, -0.1) is 0 Å². The van der Waals surface area contributed by atoms with Crippen LogP contribution in [0.25, 0.3) is 11.1 Å². The molecule has 0 saturated carbocycles. The highest BCUT2D eigenvalue weighted by Crippen LogP contribution is 2.47. The van der Waals surface area contributed by atoms with Gasteiger partial charge in [-0.2, -0.15) is 4.39 Å². The van der Waals surface area contributed by atoms with Gasteiger partial charge in [-0.1, -0.05) is 26.2 Å². The summed E-state index contributed by atoms with van der Waals surface area (Å²) in [5.74, 6) is -16.0. The Bertz CT molecular complexity index is 1410. The summed E-state index contributed by atoms with van der Waals surface area (Å²) in [5.41, 5.74) is -2.81. The Morgan fingerprint density at radius 2 is 1.27 bits per heavy atom. The lowest BCUT2D eigenvalue weighted by atomic mass is 9.82. The van der Waals surface area contributed by atoms with Gasteiger partial charge in [-0.25, -0.2) is 30.7 Å². The van der Waals surface area contributed by atoms with E-state index >= 15 is 0 Å². The fourth-order valence-electron chi connectivity index (χ4n) is 4.90. The predicted molar refractivity (Wildman–Crippen MR) is 128 cm³/mol. The first-order valence-electron chi connectivity index (χ1n) is 12.8. The number of hydrogen-bond donors (Lipinski definition) is 0. The van der Waals surface area contributed by atoms with Crippen LogP contribution in [0.2, 0.25) is 0 Å². The molecule has 3 aromatic rings. The largest absolute Gasteiger partial charge is 0.483 e. The van der Waals surface area contributed by atoms with E-state index in [1.807, 2.05) is 0 Å². The number of rotatable bonds is 9. The van der Waals surface area contributed by atoms with Crippen molar-refractivity contribution in [2.45, 2.75) is 45.2 Å². The highest BCUT2D eigenvalue weighted by Gasteiger charge is 2.53. The fraction of sp³-hybridized carbons (Fsp3) is 0.379. The molecule has 0 aromatic heterocycles. The van der Waals surface area contributed by atoms with Gasteiger partial charge in [0.15, 0.2) is 34.8 Å². The molecule has 3 aromatic carbocycles. The Kier molecular flexibility index (Phi) is 8.01. The Morgan fingerprint density at radius 3 is 1.83 bits per heavy atom. The highest BCUT2D eigenvalue weighted by atomic mass is 19.2. The topological polar surface area (TPSA) is 36.9 Å². The zero-order valence-corrected chi connectivity index (χ0v) is 21.7. The number of unbranched alkanes of at least 4 members (excludes halogenated alkanes) is 2. The van der Waals surface area contributed by atoms with Crippen LogP contribution < -0.4 is 4.74 Å². The highest BCUT2D eigenvalue weighted by molar-refractivity contribution is 5.66. The van der Waals surface area contributed by atoms with Gasteiger partial charge in [-0.3, -0.25) is 0 Å². The van der Waals surface area contributed by atoms with E-state index in [1.54, 1.807) is 0 Å². The van der Waals surface area contributed by atoms with Gasteiger partial charge < -0.3 is 18.9 Å². The van der Waals surface area contributed by atoms with Gasteiger partial charge in [-0.05, 0) is 42.3 Å². The minimum absolute atomic E-state index is 0.107. The Balaban J connectivity index is 1.33. The van der Waals surface area contributed by atoms with E-state index < -0.39 is 81.6 Å². The number of fused-ring (bicyclic) bond motifs is 3. The molecule has 3 heterocycles. The maximum atomic E-state index is 15.0. The standard InChI is InChI=1S/C29H24F8O4/c1-2-3-4-5-28-12-39-29(40-13-28,41-14-28)16-8-19(30)18(20(31)9-16)11-38-27-23(34)10-17(24(35)26(27)37)15-6-21(32)25(36)22(33)7-15/h6-10H,2-5,11-14H2,1H3. The van der Waals surface area contributed by atoms with Crippen LogP contribution >= 0.6 is 0 Å². The zero-order chi connectivity index (χ0) is 29.5. The molecule has 4 nitrogen and oxygen atoms in total. The van der Waals surface area contributed by atoms with Crippen molar-refractivity contribution < 1.29 is 54.1 Å². The predicted octanol–water partition coefficient (Wildman–Crippen LogP) is 7.80. The van der Waals surface area contributed by atoms with Crippen molar-refractivity contribution >= 4 is 0 Å². The van der Waals surface area contributed by atoms with Crippen LogP contribution in [0.4, 0.5) is 35.1 Å². The van der Waals surface area contributed by atoms with E-state index in [2.05, 4.69) is 6.92 Å². The molecule has 3 aliphatic heterocycles. The number of benzene rings is 3. The summed E-state index contributed by atoms with van der Waals surface area (Å²) in [6.07, 6.45) is 3.83. The summed E-state index contributed by atoms with van der Waals surface area (Å²) < 4.78 is 137. The van der Waals surface area contributed by atoms with Gasteiger partial charge >= 0.3 is 5.97 Å². The molecule has 0 aliphatic carbocycles. The Labute approximate surface area is 229 Å². The first kappa shape index (κ1) is 29.3. The summed E-state index contributed by atoms with van der Waals surface area (Å²) in [4.78, 5) is 0. The molecule has 220 valence electrons. The third-order valence-corrected chi connectivity index (χ3v) is 7.28. The summed E-state index contributed by atoms with van der Waals surface area (Å²) in [6, 6.07) is 2.82. The molecule has 2 bridgehead atoms. The van der Waals surface area contributed by atoms with E-state index in [1.165, 1.54) is 0 Å². The van der Waals surface area contributed by atoms with Crippen molar-refractivity contribution in [3.63, 3.8) is 0 Å². The monoisotopic (exact) mass is 588 g/mol. The maximum Gasteiger partial charge on any atom is 0.312 e. The molecule has 3 fully saturated rings. The normalized spacial score (nSPS) is 21.9. The van der Waals surface area contributed by atoms with Crippen LogP contribution in [0.1, 0.15) is 43.7 Å². The van der Waals surface area contributed by atoms with Crippen molar-refractivity contribution in [3.05, 3.63) is 88.0 Å². The molecule has 0 spiro atoms. The summed E-state index contributed by atoms with van der Waals surface area (Å²) in [5, 5.41) is 0. The SMILES string of the molecule is CCCCCC12COC(c3cc(F)c(COc4c(F)cc(-c5cc(F)c(F)c(F)c5)c(F)c4F)c(F)c3)(OC1)OC2. The summed E-state index contributed by atoms with van der Waals surface area (Å²) in [6.45, 7) is 1.82. The number of hydrogen-bond acceptors (Lipinski definition) is 4. The minimum Gasteiger partial charge on any atom is -0.483 e. The second kappa shape index (κ2) is 11.2. The quantitative estimate of drug-likeness (QED) is 0.111. The Hall–Kier alpha value is -3.22. The summed E-state index contributed by atoms with van der Waals surface area (Å²) in [7, 11) is 0. The molecule has 0 radical (unpaired) electrons. The van der Waals surface area contributed by atoms with Crippen LogP contribution in [0.5, 0.6) is 5.75 Å². The molecule has 12 heteroatoms. The van der Waals surface area contributed by atoms with E-state index in [-0.39, 0.29) is 30.8 Å². The second-order valence-corrected chi connectivity index (χ2v) is 10.2. The van der Waals surface area contributed by atoms with Crippen LogP contribution in [0.3, 0.4) is 0 Å². The maximum absolute atomic E-state index is 15.0. The van der Waals surface area contributed by atoms with Crippen LogP contribution in [-0.2, 0) is 26.8 Å². The molecule has 0 unspecified atom stereocenters. The lowest BCUT2D eigenvalue weighted by molar-refractivity contribution is -0.480. The van der Waals surface area contributed by atoms with Gasteiger partial charge in [0.05, 0.1) is 25.4 Å². The van der Waals surface area contributed by atoms with Gasteiger partial charge in [0.1, 0.15) is 18.2 Å². The zero-order valence-electron chi connectivity index (χ0n) is 21.7. The lowest BCUT2D eigenvalue weighted by Crippen LogP contribution is -2.58. The van der Waals surface area contributed by atoms with E-state index in [0.717, 1.165) is 37.8 Å². The molecule has 0 N–H and O–H groups in total. The van der Waals surface area contributed by atoms with Gasteiger partial charge in [0, 0.05) is 16.5 Å². The van der Waals surface area contributed by atoms with Crippen LogP contribution in [0.15, 0.2) is 30.3 Å². The van der Waals surface area contributed by atoms with E-state index in [4.69, 9.17) is 18.9 Å². The first-order chi connectivity index (χ1) is 19.5. The first-order valence-corrected chi connectivity index (χ1v) is 12.8. The molecule has 3 aliphatic rings. The van der Waals surface area contributed by atoms with Crippen molar-refractivity contribution in [1.82, 2.24) is 0 Å². The molecule has 3 saturated heterocycles. The lowest BCUT2D eigenvalue weighted by Gasteiger charge is -2.52. The van der Waals surface area contributed by atoms with Crippen molar-refractivity contribution in [1.29, 1.82) is 0 Å². The molecule has 6 rings (SSSR count). The minimum atomic E-state index is -1.93. The molecular weight excluding hydrogens is 564 g/mol. The van der Waals surface area contributed by atoms with Crippen LogP contribution in [0, 0.1) is 52.0 Å². The number of halogens is 8. The third kappa shape index (κ3) is 5.40.